The minimum Gasteiger partial charge on any atom is -0.493 e. The molecule has 0 spiro atoms. The van der Waals surface area contributed by atoms with Gasteiger partial charge in [-0.2, -0.15) is 15.8 Å². The number of nitrogens with zero attached hydrogens (tertiary/aromatic N) is 3. The minimum absolute atomic E-state index is 0.0334. The number of nitrogens with two attached hydrogens (primary N) is 1. The van der Waals surface area contributed by atoms with Gasteiger partial charge in [0.2, 0.25) is 0 Å². The second kappa shape index (κ2) is 8.84. The first kappa shape index (κ1) is 24.2. The lowest BCUT2D eigenvalue weighted by Gasteiger charge is -2.47. The Morgan fingerprint density at radius 2 is 1.79 bits per heavy atom. The highest BCUT2D eigenvalue weighted by atomic mass is 16.5. The van der Waals surface area contributed by atoms with E-state index in [0.717, 1.165) is 24.0 Å². The van der Waals surface area contributed by atoms with Crippen LogP contribution in [0.15, 0.2) is 41.1 Å². The van der Waals surface area contributed by atoms with Gasteiger partial charge < -0.3 is 15.2 Å². The van der Waals surface area contributed by atoms with Crippen LogP contribution in [0, 0.1) is 56.7 Å². The molecule has 1 aromatic rings. The van der Waals surface area contributed by atoms with Crippen molar-refractivity contribution in [2.45, 2.75) is 59.5 Å². The van der Waals surface area contributed by atoms with Crippen LogP contribution in [0.1, 0.15) is 58.9 Å². The number of nitriles is 3. The number of fused-ring (bicyclic) bond motifs is 1. The summed E-state index contributed by atoms with van der Waals surface area (Å²) in [5.41, 5.74) is 6.76. The van der Waals surface area contributed by atoms with E-state index in [9.17, 15) is 15.8 Å². The Hall–Kier alpha value is -3.43. The smallest absolute Gasteiger partial charge is 0.191 e. The first-order chi connectivity index (χ1) is 15.5. The molecule has 0 heterocycles. The molecule has 172 valence electrons. The second-order valence-corrected chi connectivity index (χ2v) is 10.3. The van der Waals surface area contributed by atoms with E-state index < -0.39 is 11.3 Å². The molecule has 6 heteroatoms. The van der Waals surface area contributed by atoms with Gasteiger partial charge >= 0.3 is 0 Å². The van der Waals surface area contributed by atoms with Crippen molar-refractivity contribution in [2.24, 2.45) is 28.4 Å². The first-order valence-corrected chi connectivity index (χ1v) is 11.3. The normalized spacial score (nSPS) is 24.1. The van der Waals surface area contributed by atoms with Gasteiger partial charge in [-0.15, -0.1) is 0 Å². The van der Waals surface area contributed by atoms with Crippen LogP contribution in [0.3, 0.4) is 0 Å². The Morgan fingerprint density at radius 1 is 1.12 bits per heavy atom. The first-order valence-electron chi connectivity index (χ1n) is 11.3. The molecular weight excluding hydrogens is 412 g/mol. The van der Waals surface area contributed by atoms with Gasteiger partial charge in [0.1, 0.15) is 6.07 Å². The Morgan fingerprint density at radius 3 is 2.30 bits per heavy atom. The SMILES string of the molecule is COc1cc([C@@H]2[C@@H]3C[C@H](C(C)(C)C)CC=C3C(C#N)=C(N)C2(C#N)C#N)ccc1OC(C)C. The number of methoxy groups -OCH3 is 1. The van der Waals surface area contributed by atoms with Crippen molar-refractivity contribution < 1.29 is 9.47 Å². The van der Waals surface area contributed by atoms with Gasteiger partial charge in [0, 0.05) is 5.92 Å². The summed E-state index contributed by atoms with van der Waals surface area (Å²) in [5, 5.41) is 30.5. The lowest BCUT2D eigenvalue weighted by molar-refractivity contribution is 0.170. The van der Waals surface area contributed by atoms with Crippen molar-refractivity contribution in [1.29, 1.82) is 15.8 Å². The summed E-state index contributed by atoms with van der Waals surface area (Å²) in [4.78, 5) is 0. The van der Waals surface area contributed by atoms with E-state index in [1.165, 1.54) is 0 Å². The molecule has 0 saturated heterocycles. The summed E-state index contributed by atoms with van der Waals surface area (Å²) in [6, 6.07) is 12.2. The van der Waals surface area contributed by atoms with Crippen LogP contribution in [-0.4, -0.2) is 13.2 Å². The van der Waals surface area contributed by atoms with Gasteiger partial charge in [-0.05, 0) is 67.2 Å². The number of hydrogen-bond donors (Lipinski definition) is 1. The lowest BCUT2D eigenvalue weighted by atomic mass is 9.54. The number of benzene rings is 1. The number of ether oxygens (including phenoxy) is 2. The van der Waals surface area contributed by atoms with Crippen LogP contribution < -0.4 is 15.2 Å². The van der Waals surface area contributed by atoms with Crippen LogP contribution in [0.5, 0.6) is 11.5 Å². The topological polar surface area (TPSA) is 116 Å². The van der Waals surface area contributed by atoms with Crippen molar-refractivity contribution in [3.05, 3.63) is 46.7 Å². The van der Waals surface area contributed by atoms with Gasteiger partial charge in [-0.1, -0.05) is 32.9 Å². The highest BCUT2D eigenvalue weighted by Gasteiger charge is 2.55. The van der Waals surface area contributed by atoms with Crippen LogP contribution >= 0.6 is 0 Å². The van der Waals surface area contributed by atoms with Gasteiger partial charge in [0.25, 0.3) is 0 Å². The van der Waals surface area contributed by atoms with E-state index in [1.54, 1.807) is 7.11 Å². The molecule has 33 heavy (non-hydrogen) atoms. The number of allylic oxidation sites excluding steroid dienone is 4. The quantitative estimate of drug-likeness (QED) is 0.669. The van der Waals surface area contributed by atoms with Crippen LogP contribution in [0.4, 0.5) is 0 Å². The van der Waals surface area contributed by atoms with Gasteiger partial charge in [-0.25, -0.2) is 0 Å². The van der Waals surface area contributed by atoms with Crippen molar-refractivity contribution in [2.75, 3.05) is 7.11 Å². The second-order valence-electron chi connectivity index (χ2n) is 10.3. The predicted molar refractivity (Wildman–Crippen MR) is 126 cm³/mol. The Kier molecular flexibility index (Phi) is 6.49. The fourth-order valence-corrected chi connectivity index (χ4v) is 5.20. The predicted octanol–water partition coefficient (Wildman–Crippen LogP) is 5.35. The van der Waals surface area contributed by atoms with Crippen LogP contribution in [0.2, 0.25) is 0 Å². The van der Waals surface area contributed by atoms with Crippen LogP contribution in [0.25, 0.3) is 0 Å². The average molecular weight is 445 g/mol. The molecule has 2 N–H and O–H groups in total. The molecule has 0 unspecified atom stereocenters. The monoisotopic (exact) mass is 444 g/mol. The maximum Gasteiger partial charge on any atom is 0.191 e. The lowest BCUT2D eigenvalue weighted by Crippen LogP contribution is -2.44. The Balaban J connectivity index is 2.27. The fraction of sp³-hybridized carbons (Fsp3) is 0.519. The van der Waals surface area contributed by atoms with E-state index in [4.69, 9.17) is 15.2 Å². The molecule has 3 atom stereocenters. The average Bonchev–Trinajstić information content (AvgIpc) is 2.77. The molecule has 2 aliphatic rings. The zero-order valence-electron chi connectivity index (χ0n) is 20.3. The molecule has 1 aromatic carbocycles. The molecule has 0 aromatic heterocycles. The largest absolute Gasteiger partial charge is 0.493 e. The maximum absolute atomic E-state index is 10.3. The van der Waals surface area contributed by atoms with Crippen molar-refractivity contribution >= 4 is 0 Å². The molecule has 0 aliphatic heterocycles. The van der Waals surface area contributed by atoms with E-state index in [-0.39, 0.29) is 28.7 Å². The van der Waals surface area contributed by atoms with Gasteiger partial charge in [0.05, 0.1) is 36.6 Å². The summed E-state index contributed by atoms with van der Waals surface area (Å²) >= 11 is 0. The van der Waals surface area contributed by atoms with Crippen molar-refractivity contribution in [3.63, 3.8) is 0 Å². The summed E-state index contributed by atoms with van der Waals surface area (Å²) in [6.45, 7) is 10.5. The molecule has 0 amide bonds. The number of rotatable bonds is 4. The van der Waals surface area contributed by atoms with E-state index in [0.29, 0.717) is 17.4 Å². The molecule has 0 saturated carbocycles. The highest BCUT2D eigenvalue weighted by Crippen LogP contribution is 2.58. The van der Waals surface area contributed by atoms with Crippen LogP contribution in [-0.2, 0) is 0 Å². The Bertz CT molecular complexity index is 1100. The van der Waals surface area contributed by atoms with Crippen molar-refractivity contribution in [1.82, 2.24) is 0 Å². The fourth-order valence-electron chi connectivity index (χ4n) is 5.20. The summed E-state index contributed by atoms with van der Waals surface area (Å²) in [5.74, 6) is 0.746. The molecular formula is C27H32N4O2. The highest BCUT2D eigenvalue weighted by molar-refractivity contribution is 5.60. The Labute approximate surface area is 196 Å². The van der Waals surface area contributed by atoms with E-state index in [1.807, 2.05) is 32.0 Å². The van der Waals surface area contributed by atoms with Crippen molar-refractivity contribution in [3.8, 4) is 29.7 Å². The molecule has 0 radical (unpaired) electrons. The standard InChI is InChI=1S/C27H32N4O2/c1-16(2)33-22-10-7-17(11-23(22)32-6)24-20-12-18(26(3,4)5)8-9-19(20)21(13-28)25(31)27(24,14-29)15-30/h7,9-11,16,18,20,24H,8,12,31H2,1-6H3/t18-,20-,24-/m1/s1. The number of hydrogen-bond acceptors (Lipinski definition) is 6. The molecule has 3 rings (SSSR count). The minimum atomic E-state index is -1.65. The molecule has 0 bridgehead atoms. The van der Waals surface area contributed by atoms with Gasteiger partial charge in [-0.3, -0.25) is 0 Å². The zero-order chi connectivity index (χ0) is 24.6. The van der Waals surface area contributed by atoms with E-state index in [2.05, 4.69) is 45.1 Å². The summed E-state index contributed by atoms with van der Waals surface area (Å²) < 4.78 is 11.5. The summed E-state index contributed by atoms with van der Waals surface area (Å²) in [6.07, 6.45) is 3.65. The third-order valence-electron chi connectivity index (χ3n) is 7.01. The third kappa shape index (κ3) is 4.05. The summed E-state index contributed by atoms with van der Waals surface area (Å²) in [7, 11) is 1.57. The van der Waals surface area contributed by atoms with E-state index >= 15 is 0 Å². The van der Waals surface area contributed by atoms with Gasteiger partial charge in [0.15, 0.2) is 16.9 Å². The molecule has 6 nitrogen and oxygen atoms in total. The zero-order valence-corrected chi connectivity index (χ0v) is 20.3. The molecule has 2 aliphatic carbocycles. The maximum atomic E-state index is 10.3. The third-order valence-corrected chi connectivity index (χ3v) is 7.01. The molecule has 0 fully saturated rings.